The van der Waals surface area contributed by atoms with E-state index in [1.54, 1.807) is 18.2 Å². The lowest BCUT2D eigenvalue weighted by Gasteiger charge is -2.04. The summed E-state index contributed by atoms with van der Waals surface area (Å²) in [5.41, 5.74) is 12.0. The van der Waals surface area contributed by atoms with Crippen LogP contribution in [0.1, 0.15) is 5.56 Å². The van der Waals surface area contributed by atoms with Crippen molar-refractivity contribution in [2.75, 3.05) is 5.73 Å². The first kappa shape index (κ1) is 8.30. The molecule has 2 nitrogen and oxygen atoms in total. The Labute approximate surface area is 75.1 Å². The average molecular weight is 187 g/mol. The fraction of sp³-hybridized carbons (Fsp3) is 0. The van der Waals surface area contributed by atoms with Crippen LogP contribution in [-0.4, -0.2) is 4.99 Å². The zero-order valence-electron chi connectivity index (χ0n) is 5.67. The molecule has 58 valence electrons. The quantitative estimate of drug-likeness (QED) is 0.517. The van der Waals surface area contributed by atoms with Gasteiger partial charge in [-0.2, -0.15) is 0 Å². The van der Waals surface area contributed by atoms with Crippen LogP contribution in [0.25, 0.3) is 0 Å². The lowest BCUT2D eigenvalue weighted by molar-refractivity contribution is 1.61. The Morgan fingerprint density at radius 1 is 1.45 bits per heavy atom. The maximum absolute atomic E-state index is 5.78. The van der Waals surface area contributed by atoms with Crippen molar-refractivity contribution in [3.63, 3.8) is 0 Å². The first-order chi connectivity index (χ1) is 5.13. The van der Waals surface area contributed by atoms with Crippen molar-refractivity contribution in [1.29, 1.82) is 0 Å². The largest absolute Gasteiger partial charge is 0.398 e. The van der Waals surface area contributed by atoms with E-state index in [9.17, 15) is 0 Å². The number of anilines is 1. The maximum atomic E-state index is 5.78. The Balaban J connectivity index is 3.32. The summed E-state index contributed by atoms with van der Waals surface area (Å²) in [5.74, 6) is 0. The lowest BCUT2D eigenvalue weighted by Crippen LogP contribution is -2.12. The van der Waals surface area contributed by atoms with Gasteiger partial charge in [-0.3, -0.25) is 0 Å². The summed E-state index contributed by atoms with van der Waals surface area (Å²) in [6.45, 7) is 0. The van der Waals surface area contributed by atoms with Gasteiger partial charge in [-0.1, -0.05) is 29.9 Å². The van der Waals surface area contributed by atoms with E-state index in [2.05, 4.69) is 0 Å². The molecule has 0 aliphatic heterocycles. The van der Waals surface area contributed by atoms with E-state index >= 15 is 0 Å². The van der Waals surface area contributed by atoms with Crippen LogP contribution in [-0.2, 0) is 0 Å². The highest BCUT2D eigenvalue weighted by Crippen LogP contribution is 2.21. The SMILES string of the molecule is NC(=S)c1c(N)cccc1Cl. The lowest BCUT2D eigenvalue weighted by atomic mass is 10.2. The molecule has 4 N–H and O–H groups in total. The van der Waals surface area contributed by atoms with Crippen molar-refractivity contribution >= 4 is 34.5 Å². The highest BCUT2D eigenvalue weighted by Gasteiger charge is 2.05. The second-order valence-corrected chi connectivity index (χ2v) is 2.92. The predicted molar refractivity (Wildman–Crippen MR) is 51.8 cm³/mol. The van der Waals surface area contributed by atoms with Crippen LogP contribution in [0.2, 0.25) is 5.02 Å². The normalized spacial score (nSPS) is 9.55. The number of hydrogen-bond donors (Lipinski definition) is 2. The van der Waals surface area contributed by atoms with Crippen molar-refractivity contribution in [1.82, 2.24) is 0 Å². The predicted octanol–water partition coefficient (Wildman–Crippen LogP) is 1.56. The Bertz CT molecular complexity index is 278. The highest BCUT2D eigenvalue weighted by atomic mass is 35.5. The Morgan fingerprint density at radius 3 is 2.45 bits per heavy atom. The van der Waals surface area contributed by atoms with Crippen LogP contribution in [0.4, 0.5) is 5.69 Å². The van der Waals surface area contributed by atoms with E-state index in [0.717, 1.165) is 0 Å². The monoisotopic (exact) mass is 186 g/mol. The molecule has 0 heterocycles. The van der Waals surface area contributed by atoms with Crippen LogP contribution < -0.4 is 11.5 Å². The first-order valence-corrected chi connectivity index (χ1v) is 3.75. The van der Waals surface area contributed by atoms with Gasteiger partial charge in [-0.15, -0.1) is 0 Å². The van der Waals surface area contributed by atoms with E-state index in [4.69, 9.17) is 35.3 Å². The fourth-order valence-corrected chi connectivity index (χ4v) is 1.37. The highest BCUT2D eigenvalue weighted by molar-refractivity contribution is 7.80. The zero-order valence-corrected chi connectivity index (χ0v) is 7.25. The third-order valence-electron chi connectivity index (χ3n) is 1.29. The van der Waals surface area contributed by atoms with E-state index in [-0.39, 0.29) is 4.99 Å². The Hall–Kier alpha value is -0.800. The molecule has 1 aromatic carbocycles. The molecule has 0 aliphatic carbocycles. The second-order valence-electron chi connectivity index (χ2n) is 2.07. The van der Waals surface area contributed by atoms with Crippen molar-refractivity contribution in [3.8, 4) is 0 Å². The molecule has 0 fully saturated rings. The molecule has 0 radical (unpaired) electrons. The van der Waals surface area contributed by atoms with Gasteiger partial charge in [0, 0.05) is 5.69 Å². The van der Waals surface area contributed by atoms with Gasteiger partial charge < -0.3 is 11.5 Å². The summed E-state index contributed by atoms with van der Waals surface area (Å²) in [4.78, 5) is 0.230. The van der Waals surface area contributed by atoms with Crippen LogP contribution in [0, 0.1) is 0 Å². The number of nitrogen functional groups attached to an aromatic ring is 1. The minimum Gasteiger partial charge on any atom is -0.398 e. The van der Waals surface area contributed by atoms with E-state index in [0.29, 0.717) is 16.3 Å². The van der Waals surface area contributed by atoms with Crippen LogP contribution >= 0.6 is 23.8 Å². The number of benzene rings is 1. The van der Waals surface area contributed by atoms with E-state index in [1.165, 1.54) is 0 Å². The number of thiocarbonyl (C=S) groups is 1. The number of nitrogens with two attached hydrogens (primary N) is 2. The van der Waals surface area contributed by atoms with Crippen molar-refractivity contribution in [2.24, 2.45) is 5.73 Å². The summed E-state index contributed by atoms with van der Waals surface area (Å²) < 4.78 is 0. The molecule has 0 atom stereocenters. The van der Waals surface area contributed by atoms with Gasteiger partial charge in [0.2, 0.25) is 0 Å². The minimum atomic E-state index is 0.230. The first-order valence-electron chi connectivity index (χ1n) is 2.96. The van der Waals surface area contributed by atoms with Gasteiger partial charge in [-0.05, 0) is 12.1 Å². The molecule has 0 spiro atoms. The number of halogens is 1. The number of rotatable bonds is 1. The summed E-state index contributed by atoms with van der Waals surface area (Å²) >= 11 is 10.5. The maximum Gasteiger partial charge on any atom is 0.107 e. The molecule has 0 bridgehead atoms. The molecule has 0 aromatic heterocycles. The minimum absolute atomic E-state index is 0.230. The van der Waals surface area contributed by atoms with Crippen molar-refractivity contribution in [3.05, 3.63) is 28.8 Å². The van der Waals surface area contributed by atoms with Gasteiger partial charge in [0.15, 0.2) is 0 Å². The molecule has 0 saturated carbocycles. The van der Waals surface area contributed by atoms with Crippen LogP contribution in [0.3, 0.4) is 0 Å². The topological polar surface area (TPSA) is 52.0 Å². The molecular formula is C7H7ClN2S. The van der Waals surface area contributed by atoms with E-state index < -0.39 is 0 Å². The molecule has 0 saturated heterocycles. The molecule has 0 aliphatic rings. The molecule has 4 heteroatoms. The van der Waals surface area contributed by atoms with Gasteiger partial charge in [0.05, 0.1) is 10.6 Å². The summed E-state index contributed by atoms with van der Waals surface area (Å²) in [6.07, 6.45) is 0. The summed E-state index contributed by atoms with van der Waals surface area (Å²) in [7, 11) is 0. The Kier molecular flexibility index (Phi) is 2.31. The van der Waals surface area contributed by atoms with Crippen molar-refractivity contribution in [2.45, 2.75) is 0 Å². The molecule has 1 aromatic rings. The molecule has 0 amide bonds. The van der Waals surface area contributed by atoms with Gasteiger partial charge in [0.25, 0.3) is 0 Å². The van der Waals surface area contributed by atoms with Crippen molar-refractivity contribution < 1.29 is 0 Å². The molecule has 0 unspecified atom stereocenters. The van der Waals surface area contributed by atoms with Crippen LogP contribution in [0.15, 0.2) is 18.2 Å². The second kappa shape index (κ2) is 3.07. The third kappa shape index (κ3) is 1.61. The van der Waals surface area contributed by atoms with Crippen LogP contribution in [0.5, 0.6) is 0 Å². The fourth-order valence-electron chi connectivity index (χ4n) is 0.801. The van der Waals surface area contributed by atoms with Gasteiger partial charge in [-0.25, -0.2) is 0 Å². The smallest absolute Gasteiger partial charge is 0.107 e. The van der Waals surface area contributed by atoms with Gasteiger partial charge in [0.1, 0.15) is 4.99 Å². The Morgan fingerprint density at radius 2 is 2.09 bits per heavy atom. The van der Waals surface area contributed by atoms with E-state index in [1.807, 2.05) is 0 Å². The average Bonchev–Trinajstić information content (AvgIpc) is 1.85. The third-order valence-corrected chi connectivity index (χ3v) is 1.81. The molecular weight excluding hydrogens is 180 g/mol. The summed E-state index contributed by atoms with van der Waals surface area (Å²) in [6, 6.07) is 5.16. The molecule has 11 heavy (non-hydrogen) atoms. The van der Waals surface area contributed by atoms with Gasteiger partial charge >= 0.3 is 0 Å². The zero-order chi connectivity index (χ0) is 8.43. The number of hydrogen-bond acceptors (Lipinski definition) is 2. The summed E-state index contributed by atoms with van der Waals surface area (Å²) in [5, 5.41) is 0.498. The molecule has 1 rings (SSSR count). The standard InChI is InChI=1S/C7H7ClN2S/c8-4-2-1-3-5(9)6(4)7(10)11/h1-3H,9H2,(H2,10,11).